The Morgan fingerprint density at radius 1 is 1.43 bits per heavy atom. The fourth-order valence-electron chi connectivity index (χ4n) is 1.49. The van der Waals surface area contributed by atoms with Crippen LogP contribution in [-0.2, 0) is 16.4 Å². The molecule has 0 saturated carbocycles. The average Bonchev–Trinajstić information content (AvgIpc) is 3.09. The van der Waals surface area contributed by atoms with Gasteiger partial charge in [0.25, 0.3) is 15.9 Å². The largest absolute Gasteiger partial charge is 0.438 e. The second kappa shape index (κ2) is 6.06. The second-order valence-electron chi connectivity index (χ2n) is 4.34. The highest BCUT2D eigenvalue weighted by Crippen LogP contribution is 2.16. The summed E-state index contributed by atoms with van der Waals surface area (Å²) < 4.78 is 29.7. The molecule has 2 aromatic heterocycles. The highest BCUT2D eigenvalue weighted by molar-refractivity contribution is 7.88. The van der Waals surface area contributed by atoms with Crippen molar-refractivity contribution in [2.24, 2.45) is 0 Å². The lowest BCUT2D eigenvalue weighted by atomic mass is 10.3. The van der Waals surface area contributed by atoms with E-state index in [-0.39, 0.29) is 10.9 Å². The van der Waals surface area contributed by atoms with Crippen molar-refractivity contribution in [1.29, 1.82) is 0 Å². The minimum absolute atomic E-state index is 0.0620. The number of aromatic amines is 1. The maximum atomic E-state index is 11.8. The first-order chi connectivity index (χ1) is 9.91. The predicted molar refractivity (Wildman–Crippen MR) is 72.0 cm³/mol. The van der Waals surface area contributed by atoms with E-state index in [1.165, 1.54) is 32.6 Å². The Labute approximate surface area is 121 Å². The molecule has 9 nitrogen and oxygen atoms in total. The van der Waals surface area contributed by atoms with Gasteiger partial charge in [0.15, 0.2) is 5.76 Å². The van der Waals surface area contributed by atoms with Gasteiger partial charge in [-0.1, -0.05) is 0 Å². The second-order valence-corrected chi connectivity index (χ2v) is 6.43. The van der Waals surface area contributed by atoms with Gasteiger partial charge in [0.2, 0.25) is 5.09 Å². The third kappa shape index (κ3) is 3.47. The summed E-state index contributed by atoms with van der Waals surface area (Å²) in [6.07, 6.45) is 1.86. The number of carbonyl (C=O) groups is 1. The molecule has 0 fully saturated rings. The molecule has 0 aliphatic heterocycles. The lowest BCUT2D eigenvalue weighted by Crippen LogP contribution is -2.25. The molecule has 0 saturated heterocycles. The molecule has 0 bridgehead atoms. The van der Waals surface area contributed by atoms with Crippen molar-refractivity contribution in [2.75, 3.05) is 20.6 Å². The first-order valence-corrected chi connectivity index (χ1v) is 7.50. The van der Waals surface area contributed by atoms with Crippen LogP contribution >= 0.6 is 0 Å². The standard InChI is InChI=1S/C11H15N5O4S/c1-16(2)21(18,19)10-4-3-8(20-10)11(17)12-6-5-9-13-7-14-15-9/h3-4,7H,5-6H2,1-2H3,(H,12,17)(H,13,14,15). The van der Waals surface area contributed by atoms with Gasteiger partial charge in [-0.05, 0) is 12.1 Å². The number of nitrogens with one attached hydrogen (secondary N) is 2. The summed E-state index contributed by atoms with van der Waals surface area (Å²) in [6, 6.07) is 2.57. The Hall–Kier alpha value is -2.20. The van der Waals surface area contributed by atoms with Crippen LogP contribution in [0.2, 0.25) is 0 Å². The summed E-state index contributed by atoms with van der Waals surface area (Å²) in [5.41, 5.74) is 0. The predicted octanol–water partition coefficient (Wildman–Crippen LogP) is -0.379. The quantitative estimate of drug-likeness (QED) is 0.750. The summed E-state index contributed by atoms with van der Waals surface area (Å²) in [4.78, 5) is 15.7. The van der Waals surface area contributed by atoms with Gasteiger partial charge in [-0.2, -0.15) is 5.10 Å². The van der Waals surface area contributed by atoms with E-state index in [1.54, 1.807) is 0 Å². The summed E-state index contributed by atoms with van der Waals surface area (Å²) >= 11 is 0. The third-order valence-electron chi connectivity index (χ3n) is 2.65. The maximum absolute atomic E-state index is 11.8. The number of hydrogen-bond donors (Lipinski definition) is 2. The van der Waals surface area contributed by atoms with Crippen molar-refractivity contribution in [3.8, 4) is 0 Å². The van der Waals surface area contributed by atoms with Crippen molar-refractivity contribution in [3.05, 3.63) is 30.0 Å². The molecular formula is C11H15N5O4S. The van der Waals surface area contributed by atoms with Crippen LogP contribution in [0.1, 0.15) is 16.4 Å². The molecule has 2 rings (SSSR count). The maximum Gasteiger partial charge on any atom is 0.287 e. The van der Waals surface area contributed by atoms with Crippen LogP contribution in [0.15, 0.2) is 28.0 Å². The first kappa shape index (κ1) is 15.2. The summed E-state index contributed by atoms with van der Waals surface area (Å²) in [6.45, 7) is 0.324. The molecular weight excluding hydrogens is 298 g/mol. The van der Waals surface area contributed by atoms with E-state index in [0.29, 0.717) is 18.8 Å². The molecule has 0 aromatic carbocycles. The van der Waals surface area contributed by atoms with Crippen LogP contribution in [0.4, 0.5) is 0 Å². The van der Waals surface area contributed by atoms with E-state index in [0.717, 1.165) is 4.31 Å². The van der Waals surface area contributed by atoms with Gasteiger partial charge >= 0.3 is 0 Å². The Balaban J connectivity index is 1.96. The molecule has 10 heteroatoms. The van der Waals surface area contributed by atoms with Crippen molar-refractivity contribution in [1.82, 2.24) is 24.8 Å². The highest BCUT2D eigenvalue weighted by Gasteiger charge is 2.23. The minimum Gasteiger partial charge on any atom is -0.438 e. The van der Waals surface area contributed by atoms with Crippen LogP contribution in [-0.4, -0.2) is 54.5 Å². The van der Waals surface area contributed by atoms with Crippen LogP contribution in [0.3, 0.4) is 0 Å². The molecule has 2 aromatic rings. The van der Waals surface area contributed by atoms with E-state index in [4.69, 9.17) is 4.42 Å². The van der Waals surface area contributed by atoms with E-state index >= 15 is 0 Å². The smallest absolute Gasteiger partial charge is 0.287 e. The molecule has 0 spiro atoms. The van der Waals surface area contributed by atoms with E-state index < -0.39 is 15.9 Å². The number of aromatic nitrogens is 3. The molecule has 0 aliphatic rings. The highest BCUT2D eigenvalue weighted by atomic mass is 32.2. The molecule has 114 valence electrons. The zero-order valence-electron chi connectivity index (χ0n) is 11.5. The van der Waals surface area contributed by atoms with Crippen LogP contribution in [0.25, 0.3) is 0 Å². The summed E-state index contributed by atoms with van der Waals surface area (Å²) in [5, 5.41) is 8.68. The normalized spacial score (nSPS) is 11.8. The van der Waals surface area contributed by atoms with Gasteiger partial charge in [-0.3, -0.25) is 9.89 Å². The van der Waals surface area contributed by atoms with Gasteiger partial charge in [-0.15, -0.1) is 0 Å². The monoisotopic (exact) mass is 313 g/mol. The average molecular weight is 313 g/mol. The van der Waals surface area contributed by atoms with Crippen LogP contribution in [0.5, 0.6) is 0 Å². The van der Waals surface area contributed by atoms with Gasteiger partial charge < -0.3 is 9.73 Å². The van der Waals surface area contributed by atoms with Crippen molar-refractivity contribution >= 4 is 15.9 Å². The molecule has 1 amide bonds. The summed E-state index contributed by atoms with van der Waals surface area (Å²) in [5.74, 6) is 0.0911. The van der Waals surface area contributed by atoms with Gasteiger partial charge in [-0.25, -0.2) is 17.7 Å². The number of sulfonamides is 1. The number of amides is 1. The van der Waals surface area contributed by atoms with Crippen molar-refractivity contribution in [2.45, 2.75) is 11.5 Å². The Bertz CT molecular complexity index is 705. The Morgan fingerprint density at radius 3 is 2.81 bits per heavy atom. The molecule has 0 aliphatic carbocycles. The molecule has 2 N–H and O–H groups in total. The number of hydrogen-bond acceptors (Lipinski definition) is 6. The molecule has 2 heterocycles. The minimum atomic E-state index is -3.68. The number of rotatable bonds is 6. The Morgan fingerprint density at radius 2 is 2.19 bits per heavy atom. The van der Waals surface area contributed by atoms with Crippen LogP contribution < -0.4 is 5.32 Å². The zero-order chi connectivity index (χ0) is 15.5. The number of H-pyrrole nitrogens is 1. The number of carbonyl (C=O) groups excluding carboxylic acids is 1. The molecule has 0 atom stereocenters. The topological polar surface area (TPSA) is 121 Å². The lowest BCUT2D eigenvalue weighted by Gasteiger charge is -2.07. The molecule has 21 heavy (non-hydrogen) atoms. The van der Waals surface area contributed by atoms with Gasteiger partial charge in [0, 0.05) is 27.1 Å². The van der Waals surface area contributed by atoms with Crippen molar-refractivity contribution in [3.63, 3.8) is 0 Å². The van der Waals surface area contributed by atoms with Crippen molar-refractivity contribution < 1.29 is 17.6 Å². The van der Waals surface area contributed by atoms with E-state index in [9.17, 15) is 13.2 Å². The molecule has 0 unspecified atom stereocenters. The SMILES string of the molecule is CN(C)S(=O)(=O)c1ccc(C(=O)NCCc2ncn[nH]2)o1. The van der Waals surface area contributed by atoms with E-state index in [2.05, 4.69) is 20.5 Å². The fourth-order valence-corrected chi connectivity index (χ4v) is 2.29. The fraction of sp³-hybridized carbons (Fsp3) is 0.364. The van der Waals surface area contributed by atoms with Crippen LogP contribution in [0, 0.1) is 0 Å². The van der Waals surface area contributed by atoms with Gasteiger partial charge in [0.1, 0.15) is 12.2 Å². The number of nitrogens with zero attached hydrogens (tertiary/aromatic N) is 3. The Kier molecular flexibility index (Phi) is 4.38. The summed E-state index contributed by atoms with van der Waals surface area (Å²) in [7, 11) is -0.914. The number of furan rings is 1. The first-order valence-electron chi connectivity index (χ1n) is 6.06. The zero-order valence-corrected chi connectivity index (χ0v) is 12.3. The lowest BCUT2D eigenvalue weighted by molar-refractivity contribution is 0.0921. The van der Waals surface area contributed by atoms with Gasteiger partial charge in [0.05, 0.1) is 0 Å². The third-order valence-corrected chi connectivity index (χ3v) is 4.34. The molecule has 0 radical (unpaired) electrons. The van der Waals surface area contributed by atoms with E-state index in [1.807, 2.05) is 0 Å².